The molecule has 0 radical (unpaired) electrons. The Balaban J connectivity index is 1.37. The lowest BCUT2D eigenvalue weighted by Crippen LogP contribution is -2.46. The van der Waals surface area contributed by atoms with Crippen LogP contribution in [0.25, 0.3) is 11.3 Å². The Kier molecular flexibility index (Phi) is 5.18. The van der Waals surface area contributed by atoms with E-state index in [4.69, 9.17) is 0 Å². The van der Waals surface area contributed by atoms with E-state index in [-0.39, 0.29) is 4.87 Å². The molecular formula is C21H23N3OS. The molecule has 1 aliphatic heterocycles. The van der Waals surface area contributed by atoms with Crippen LogP contribution in [0.3, 0.4) is 0 Å². The average Bonchev–Trinajstić information content (AvgIpc) is 3.09. The molecule has 2 aromatic carbocycles. The molecule has 0 amide bonds. The molecule has 26 heavy (non-hydrogen) atoms. The maximum absolute atomic E-state index is 11.9. The van der Waals surface area contributed by atoms with Crippen LogP contribution in [0.1, 0.15) is 4.88 Å². The lowest BCUT2D eigenvalue weighted by Gasteiger charge is -2.36. The van der Waals surface area contributed by atoms with Crippen molar-refractivity contribution in [3.05, 3.63) is 75.2 Å². The number of piperazine rings is 1. The van der Waals surface area contributed by atoms with Gasteiger partial charge in [0, 0.05) is 43.3 Å². The first-order valence-electron chi connectivity index (χ1n) is 9.09. The Bertz CT molecular complexity index is 880. The highest BCUT2D eigenvalue weighted by Crippen LogP contribution is 2.24. The van der Waals surface area contributed by atoms with Gasteiger partial charge >= 0.3 is 4.87 Å². The van der Waals surface area contributed by atoms with Gasteiger partial charge in [0.2, 0.25) is 0 Å². The van der Waals surface area contributed by atoms with Gasteiger partial charge in [-0.25, -0.2) is 0 Å². The van der Waals surface area contributed by atoms with E-state index < -0.39 is 0 Å². The fourth-order valence-electron chi connectivity index (χ4n) is 3.50. The molecule has 0 atom stereocenters. The van der Waals surface area contributed by atoms with Crippen molar-refractivity contribution in [2.45, 2.75) is 6.42 Å². The quantitative estimate of drug-likeness (QED) is 0.753. The van der Waals surface area contributed by atoms with Crippen LogP contribution in [0, 0.1) is 0 Å². The summed E-state index contributed by atoms with van der Waals surface area (Å²) in [6, 6.07) is 20.8. The second-order valence-corrected chi connectivity index (χ2v) is 7.66. The summed E-state index contributed by atoms with van der Waals surface area (Å²) in [7, 11) is 0. The molecule has 134 valence electrons. The topological polar surface area (TPSA) is 39.3 Å². The number of nitrogens with one attached hydrogen (secondary N) is 1. The first kappa shape index (κ1) is 17.1. The van der Waals surface area contributed by atoms with Gasteiger partial charge in [-0.1, -0.05) is 59.9 Å². The number of anilines is 1. The minimum Gasteiger partial charge on any atom is -0.369 e. The van der Waals surface area contributed by atoms with E-state index in [9.17, 15) is 4.79 Å². The molecule has 5 heteroatoms. The van der Waals surface area contributed by atoms with Gasteiger partial charge in [0.25, 0.3) is 0 Å². The Morgan fingerprint density at radius 1 is 0.885 bits per heavy atom. The standard InChI is InChI=1S/C21H23N3OS/c25-21-22-20(17-7-3-1-4-8-17)19(26-21)11-12-23-13-15-24(16-14-23)18-9-5-2-6-10-18/h1-10H,11-16H2,(H,22,25). The van der Waals surface area contributed by atoms with Gasteiger partial charge in [0.1, 0.15) is 0 Å². The Morgan fingerprint density at radius 3 is 2.23 bits per heavy atom. The van der Waals surface area contributed by atoms with Gasteiger partial charge in [-0.05, 0) is 24.1 Å². The summed E-state index contributed by atoms with van der Waals surface area (Å²) in [6.45, 7) is 5.23. The lowest BCUT2D eigenvalue weighted by molar-refractivity contribution is 0.261. The first-order valence-corrected chi connectivity index (χ1v) is 9.91. The van der Waals surface area contributed by atoms with E-state index in [1.165, 1.54) is 17.0 Å². The summed E-state index contributed by atoms with van der Waals surface area (Å²) < 4.78 is 0. The van der Waals surface area contributed by atoms with Gasteiger partial charge in [-0.2, -0.15) is 0 Å². The van der Waals surface area contributed by atoms with E-state index in [0.29, 0.717) is 0 Å². The maximum atomic E-state index is 11.9. The number of benzene rings is 2. The van der Waals surface area contributed by atoms with Crippen LogP contribution in [0.4, 0.5) is 5.69 Å². The molecule has 1 aromatic heterocycles. The predicted octanol–water partition coefficient (Wildman–Crippen LogP) is 3.47. The highest BCUT2D eigenvalue weighted by molar-refractivity contribution is 7.09. The van der Waals surface area contributed by atoms with Crippen molar-refractivity contribution in [3.8, 4) is 11.3 Å². The summed E-state index contributed by atoms with van der Waals surface area (Å²) >= 11 is 1.35. The third kappa shape index (κ3) is 3.89. The number of para-hydroxylation sites is 1. The van der Waals surface area contributed by atoms with Gasteiger partial charge < -0.3 is 9.88 Å². The van der Waals surface area contributed by atoms with Crippen LogP contribution in [0.5, 0.6) is 0 Å². The minimum absolute atomic E-state index is 0.0350. The molecule has 0 saturated carbocycles. The van der Waals surface area contributed by atoms with Crippen LogP contribution in [-0.2, 0) is 6.42 Å². The van der Waals surface area contributed by atoms with Gasteiger partial charge in [0.05, 0.1) is 5.69 Å². The third-order valence-corrected chi connectivity index (χ3v) is 5.88. The van der Waals surface area contributed by atoms with Crippen LogP contribution in [0.2, 0.25) is 0 Å². The number of nitrogens with zero attached hydrogens (tertiary/aromatic N) is 2. The molecule has 2 heterocycles. The summed E-state index contributed by atoms with van der Waals surface area (Å²) in [5, 5.41) is 0. The Hall–Kier alpha value is -2.37. The molecule has 0 unspecified atom stereocenters. The molecule has 1 fully saturated rings. The monoisotopic (exact) mass is 365 g/mol. The SMILES string of the molecule is O=c1[nH]c(-c2ccccc2)c(CCN2CCN(c3ccccc3)CC2)s1. The maximum Gasteiger partial charge on any atom is 0.305 e. The van der Waals surface area contributed by atoms with Gasteiger partial charge in [-0.3, -0.25) is 9.69 Å². The van der Waals surface area contributed by atoms with Crippen LogP contribution in [-0.4, -0.2) is 42.6 Å². The fourth-order valence-corrected chi connectivity index (χ4v) is 4.34. The highest BCUT2D eigenvalue weighted by atomic mass is 32.1. The normalized spacial score (nSPS) is 15.3. The van der Waals surface area contributed by atoms with Crippen molar-refractivity contribution in [2.24, 2.45) is 0 Å². The van der Waals surface area contributed by atoms with Crippen molar-refractivity contribution in [1.82, 2.24) is 9.88 Å². The zero-order chi connectivity index (χ0) is 17.8. The molecule has 0 aliphatic carbocycles. The number of hydrogen-bond donors (Lipinski definition) is 1. The zero-order valence-corrected chi connectivity index (χ0v) is 15.5. The number of aromatic amines is 1. The molecule has 4 rings (SSSR count). The number of H-pyrrole nitrogens is 1. The second kappa shape index (κ2) is 7.89. The number of hydrogen-bond acceptors (Lipinski definition) is 4. The fraction of sp³-hybridized carbons (Fsp3) is 0.286. The summed E-state index contributed by atoms with van der Waals surface area (Å²) in [6.07, 6.45) is 0.916. The summed E-state index contributed by atoms with van der Waals surface area (Å²) in [4.78, 5) is 21.0. The smallest absolute Gasteiger partial charge is 0.305 e. The minimum atomic E-state index is 0.0350. The Labute approximate surface area is 157 Å². The van der Waals surface area contributed by atoms with Crippen molar-refractivity contribution >= 4 is 17.0 Å². The van der Waals surface area contributed by atoms with E-state index in [0.717, 1.165) is 55.3 Å². The molecule has 1 saturated heterocycles. The van der Waals surface area contributed by atoms with E-state index in [1.54, 1.807) is 0 Å². The largest absolute Gasteiger partial charge is 0.369 e. The van der Waals surface area contributed by atoms with Crippen LogP contribution < -0.4 is 9.77 Å². The van der Waals surface area contributed by atoms with Gasteiger partial charge in [0.15, 0.2) is 0 Å². The molecule has 0 bridgehead atoms. The molecule has 3 aromatic rings. The van der Waals surface area contributed by atoms with Crippen molar-refractivity contribution in [3.63, 3.8) is 0 Å². The summed E-state index contributed by atoms with van der Waals surface area (Å²) in [5.74, 6) is 0. The first-order chi connectivity index (χ1) is 12.8. The average molecular weight is 366 g/mol. The van der Waals surface area contributed by atoms with Crippen molar-refractivity contribution < 1.29 is 0 Å². The Morgan fingerprint density at radius 2 is 1.54 bits per heavy atom. The van der Waals surface area contributed by atoms with Crippen molar-refractivity contribution in [2.75, 3.05) is 37.6 Å². The lowest BCUT2D eigenvalue weighted by atomic mass is 10.1. The summed E-state index contributed by atoms with van der Waals surface area (Å²) in [5.41, 5.74) is 3.39. The van der Waals surface area contributed by atoms with Crippen molar-refractivity contribution in [1.29, 1.82) is 0 Å². The molecule has 4 nitrogen and oxygen atoms in total. The molecular weight excluding hydrogens is 342 g/mol. The number of rotatable bonds is 5. The predicted molar refractivity (Wildman–Crippen MR) is 109 cm³/mol. The third-order valence-electron chi connectivity index (χ3n) is 4.93. The van der Waals surface area contributed by atoms with Crippen LogP contribution in [0.15, 0.2) is 65.5 Å². The van der Waals surface area contributed by atoms with E-state index in [1.807, 2.05) is 18.2 Å². The van der Waals surface area contributed by atoms with Crippen LogP contribution >= 0.6 is 11.3 Å². The molecule has 1 aliphatic rings. The van der Waals surface area contributed by atoms with Gasteiger partial charge in [-0.15, -0.1) is 0 Å². The van der Waals surface area contributed by atoms with E-state index in [2.05, 4.69) is 57.2 Å². The number of thiazole rings is 1. The van der Waals surface area contributed by atoms with E-state index >= 15 is 0 Å². The number of aromatic nitrogens is 1. The molecule has 0 spiro atoms. The second-order valence-electron chi connectivity index (χ2n) is 6.59. The zero-order valence-electron chi connectivity index (χ0n) is 14.7. The molecule has 1 N–H and O–H groups in total. The highest BCUT2D eigenvalue weighted by Gasteiger charge is 2.18.